The minimum Gasteiger partial charge on any atom is -0.444 e. The zero-order valence-electron chi connectivity index (χ0n) is 17.7. The Morgan fingerprint density at radius 3 is 2.67 bits per heavy atom. The van der Waals surface area contributed by atoms with Crippen LogP contribution in [0.25, 0.3) is 0 Å². The quantitative estimate of drug-likeness (QED) is 0.413. The summed E-state index contributed by atoms with van der Waals surface area (Å²) in [6, 6.07) is 3.53. The average molecular weight is 572 g/mol. The third-order valence-electron chi connectivity index (χ3n) is 4.54. The van der Waals surface area contributed by atoms with Gasteiger partial charge in [-0.3, -0.25) is 4.99 Å². The van der Waals surface area contributed by atoms with E-state index in [1.807, 2.05) is 27.7 Å². The van der Waals surface area contributed by atoms with Crippen LogP contribution in [0.2, 0.25) is 0 Å². The van der Waals surface area contributed by atoms with Gasteiger partial charge >= 0.3 is 6.09 Å². The van der Waals surface area contributed by atoms with E-state index in [9.17, 15) is 13.2 Å². The molecule has 2 aliphatic rings. The van der Waals surface area contributed by atoms with Crippen LogP contribution in [0.1, 0.15) is 25.6 Å². The lowest BCUT2D eigenvalue weighted by Gasteiger charge is -2.39. The van der Waals surface area contributed by atoms with Crippen molar-refractivity contribution in [3.05, 3.63) is 17.0 Å². The maximum Gasteiger partial charge on any atom is 0.410 e. The van der Waals surface area contributed by atoms with Crippen LogP contribution in [-0.4, -0.2) is 81.2 Å². The molecule has 3 rings (SSSR count). The summed E-state index contributed by atoms with van der Waals surface area (Å²) in [4.78, 5) is 21.6. The van der Waals surface area contributed by atoms with Crippen molar-refractivity contribution in [2.75, 3.05) is 39.3 Å². The Morgan fingerprint density at radius 2 is 2.03 bits per heavy atom. The van der Waals surface area contributed by atoms with Crippen LogP contribution >= 0.6 is 35.3 Å². The summed E-state index contributed by atoms with van der Waals surface area (Å²) in [7, 11) is -3.47. The van der Waals surface area contributed by atoms with E-state index in [1.54, 1.807) is 17.0 Å². The molecule has 2 N–H and O–H groups in total. The fourth-order valence-corrected chi connectivity index (χ4v) is 5.57. The van der Waals surface area contributed by atoms with Gasteiger partial charge in [0, 0.05) is 37.6 Å². The number of nitrogens with one attached hydrogen (secondary N) is 2. The molecule has 30 heavy (non-hydrogen) atoms. The number of nitrogens with zero attached hydrogens (tertiary/aromatic N) is 3. The number of fused-ring (bicyclic) bond motifs is 1. The predicted octanol–water partition coefficient (Wildman–Crippen LogP) is 1.83. The van der Waals surface area contributed by atoms with Gasteiger partial charge < -0.3 is 19.9 Å². The molecule has 0 radical (unpaired) electrons. The van der Waals surface area contributed by atoms with E-state index < -0.39 is 15.6 Å². The molecule has 9 nitrogen and oxygen atoms in total. The number of thiophene rings is 1. The number of halogens is 1. The number of rotatable bonds is 5. The van der Waals surface area contributed by atoms with Crippen LogP contribution in [0.5, 0.6) is 0 Å². The number of piperazine rings is 1. The first kappa shape index (κ1) is 25.1. The first-order chi connectivity index (χ1) is 13.5. The van der Waals surface area contributed by atoms with Gasteiger partial charge in [-0.15, -0.1) is 35.3 Å². The molecule has 0 aliphatic carbocycles. The summed E-state index contributed by atoms with van der Waals surface area (Å²) >= 11 is 1.25. The first-order valence-electron chi connectivity index (χ1n) is 9.64. The van der Waals surface area contributed by atoms with Gasteiger partial charge in [0.15, 0.2) is 5.96 Å². The Kier molecular flexibility index (Phi) is 8.38. The second-order valence-corrected chi connectivity index (χ2v) is 11.4. The van der Waals surface area contributed by atoms with Gasteiger partial charge in [-0.1, -0.05) is 0 Å². The van der Waals surface area contributed by atoms with Crippen molar-refractivity contribution >= 4 is 57.4 Å². The fraction of sp³-hybridized carbons (Fsp3) is 0.667. The number of ether oxygens (including phenoxy) is 1. The molecule has 0 bridgehead atoms. The standard InChI is InChI=1S/C18H29N5O4S2.HI/c1-13-5-6-15(28-13)29(25,26)21-8-7-19-16-20-11-14-12-22(9-10-23(14)16)17(24)27-18(2,3)4;/h5-6,14,21H,7-12H2,1-4H3,(H,19,20);1H. The Labute approximate surface area is 199 Å². The monoisotopic (exact) mass is 571 g/mol. The molecule has 1 fully saturated rings. The number of guanidine groups is 1. The molecule has 1 saturated heterocycles. The highest BCUT2D eigenvalue weighted by molar-refractivity contribution is 14.0. The number of sulfonamides is 1. The van der Waals surface area contributed by atoms with E-state index in [0.717, 1.165) is 10.8 Å². The van der Waals surface area contributed by atoms with Gasteiger partial charge in [0.2, 0.25) is 10.0 Å². The molecule has 0 saturated carbocycles. The highest BCUT2D eigenvalue weighted by Gasteiger charge is 2.36. The zero-order chi connectivity index (χ0) is 21.2. The van der Waals surface area contributed by atoms with E-state index in [-0.39, 0.29) is 42.7 Å². The summed E-state index contributed by atoms with van der Waals surface area (Å²) in [5, 5.41) is 3.21. The van der Waals surface area contributed by atoms with Crippen LogP contribution in [0.15, 0.2) is 21.3 Å². The molecule has 0 aromatic carbocycles. The van der Waals surface area contributed by atoms with Gasteiger partial charge in [-0.2, -0.15) is 0 Å². The highest BCUT2D eigenvalue weighted by Crippen LogP contribution is 2.20. The molecule has 1 atom stereocenters. The highest BCUT2D eigenvalue weighted by atomic mass is 127. The molecule has 1 aromatic rings. The summed E-state index contributed by atoms with van der Waals surface area (Å²) in [5.74, 6) is 0.755. The van der Waals surface area contributed by atoms with Gasteiger partial charge in [0.05, 0.1) is 12.6 Å². The minimum absolute atomic E-state index is 0. The van der Waals surface area contributed by atoms with E-state index in [1.165, 1.54) is 11.3 Å². The second kappa shape index (κ2) is 10.0. The number of aryl methyl sites for hydroxylation is 1. The normalized spacial score (nSPS) is 19.1. The molecule has 1 aromatic heterocycles. The smallest absolute Gasteiger partial charge is 0.410 e. The SMILES string of the molecule is Cc1ccc(S(=O)(=O)NCCNC2=NCC3CN(C(=O)OC(C)(C)C)CCN23)s1.I. The topological polar surface area (TPSA) is 103 Å². The summed E-state index contributed by atoms with van der Waals surface area (Å²) in [6.07, 6.45) is -0.295. The third-order valence-corrected chi connectivity index (χ3v) is 7.49. The van der Waals surface area contributed by atoms with Crippen LogP contribution in [0.4, 0.5) is 4.79 Å². The number of hydrogen-bond donors (Lipinski definition) is 2. The molecule has 0 spiro atoms. The fourth-order valence-electron chi connectivity index (χ4n) is 3.21. The van der Waals surface area contributed by atoms with Crippen molar-refractivity contribution in [3.63, 3.8) is 0 Å². The van der Waals surface area contributed by atoms with E-state index in [4.69, 9.17) is 4.74 Å². The molecular weight excluding hydrogens is 541 g/mol. The molecule has 170 valence electrons. The molecule has 12 heteroatoms. The Balaban J connectivity index is 0.00000320. The lowest BCUT2D eigenvalue weighted by Crippen LogP contribution is -2.57. The van der Waals surface area contributed by atoms with Crippen molar-refractivity contribution in [2.45, 2.75) is 43.5 Å². The molecular formula is C18H30IN5O4S2. The number of amides is 1. The number of carbonyl (C=O) groups excluding carboxylic acids is 1. The summed E-state index contributed by atoms with van der Waals surface area (Å²) in [5.41, 5.74) is -0.512. The lowest BCUT2D eigenvalue weighted by atomic mass is 10.2. The average Bonchev–Trinajstić information content (AvgIpc) is 3.23. The van der Waals surface area contributed by atoms with Crippen LogP contribution < -0.4 is 10.0 Å². The Hall–Kier alpha value is -1.12. The Morgan fingerprint density at radius 1 is 1.30 bits per heavy atom. The maximum atomic E-state index is 12.3. The van der Waals surface area contributed by atoms with Gasteiger partial charge in [0.25, 0.3) is 0 Å². The molecule has 3 heterocycles. The van der Waals surface area contributed by atoms with Gasteiger partial charge in [-0.25, -0.2) is 17.9 Å². The second-order valence-electron chi connectivity index (χ2n) is 8.13. The van der Waals surface area contributed by atoms with Crippen molar-refractivity contribution in [3.8, 4) is 0 Å². The van der Waals surface area contributed by atoms with Crippen molar-refractivity contribution in [2.24, 2.45) is 4.99 Å². The minimum atomic E-state index is -3.47. The van der Waals surface area contributed by atoms with Crippen LogP contribution in [0.3, 0.4) is 0 Å². The van der Waals surface area contributed by atoms with Gasteiger partial charge in [-0.05, 0) is 39.8 Å². The third kappa shape index (κ3) is 6.44. The zero-order valence-corrected chi connectivity index (χ0v) is 21.6. The lowest BCUT2D eigenvalue weighted by molar-refractivity contribution is 0.0137. The number of hydrogen-bond acceptors (Lipinski definition) is 8. The van der Waals surface area contributed by atoms with E-state index >= 15 is 0 Å². The van der Waals surface area contributed by atoms with Crippen LogP contribution in [0, 0.1) is 6.92 Å². The van der Waals surface area contributed by atoms with Crippen molar-refractivity contribution in [1.29, 1.82) is 0 Å². The summed E-state index contributed by atoms with van der Waals surface area (Å²) < 4.78 is 32.9. The van der Waals surface area contributed by atoms with Crippen molar-refractivity contribution < 1.29 is 17.9 Å². The van der Waals surface area contributed by atoms with Crippen LogP contribution in [-0.2, 0) is 14.8 Å². The summed E-state index contributed by atoms with van der Waals surface area (Å²) in [6.45, 7) is 10.5. The predicted molar refractivity (Wildman–Crippen MR) is 128 cm³/mol. The maximum absolute atomic E-state index is 12.3. The largest absolute Gasteiger partial charge is 0.444 e. The molecule has 1 amide bonds. The number of aliphatic imine (C=N–C) groups is 1. The number of carbonyl (C=O) groups is 1. The van der Waals surface area contributed by atoms with Gasteiger partial charge in [0.1, 0.15) is 9.81 Å². The first-order valence-corrected chi connectivity index (χ1v) is 11.9. The van der Waals surface area contributed by atoms with Crippen molar-refractivity contribution in [1.82, 2.24) is 19.8 Å². The van der Waals surface area contributed by atoms with E-state index in [2.05, 4.69) is 19.9 Å². The molecule has 1 unspecified atom stereocenters. The molecule has 2 aliphatic heterocycles. The van der Waals surface area contributed by atoms with E-state index in [0.29, 0.717) is 36.9 Å². The Bertz CT molecular complexity index is 881.